The van der Waals surface area contributed by atoms with Gasteiger partial charge in [-0.3, -0.25) is 14.9 Å². The van der Waals surface area contributed by atoms with Gasteiger partial charge in [0.05, 0.1) is 14.7 Å². The van der Waals surface area contributed by atoms with Crippen molar-refractivity contribution >= 4 is 39.3 Å². The van der Waals surface area contributed by atoms with Crippen molar-refractivity contribution in [3.8, 4) is 0 Å². The van der Waals surface area contributed by atoms with Gasteiger partial charge in [0, 0.05) is 17.4 Å². The predicted molar refractivity (Wildman–Crippen MR) is 121 cm³/mol. The number of hydrogen-bond acceptors (Lipinski definition) is 6. The number of nitrogens with zero attached hydrogens (tertiary/aromatic N) is 1. The second-order valence-electron chi connectivity index (χ2n) is 6.79. The minimum atomic E-state index is -3.94. The van der Waals surface area contributed by atoms with Crippen LogP contribution in [-0.4, -0.2) is 19.1 Å². The number of rotatable bonds is 8. The lowest BCUT2D eigenvalue weighted by Crippen LogP contribution is -2.12. The predicted octanol–water partition coefficient (Wildman–Crippen LogP) is 4.68. The molecule has 11 heteroatoms. The molecular formula is C22H16F2N2O5S2. The Hall–Kier alpha value is -3.41. The van der Waals surface area contributed by atoms with Crippen LogP contribution in [0.25, 0.3) is 6.08 Å². The number of nitrogens with two attached hydrogens (primary N) is 1. The van der Waals surface area contributed by atoms with Crippen molar-refractivity contribution in [3.63, 3.8) is 0 Å². The van der Waals surface area contributed by atoms with Crippen molar-refractivity contribution in [1.82, 2.24) is 0 Å². The van der Waals surface area contributed by atoms with Gasteiger partial charge >= 0.3 is 5.69 Å². The van der Waals surface area contributed by atoms with E-state index in [1.807, 2.05) is 0 Å². The molecule has 0 aliphatic carbocycles. The van der Waals surface area contributed by atoms with Gasteiger partial charge in [0.1, 0.15) is 5.82 Å². The van der Waals surface area contributed by atoms with Gasteiger partial charge in [0.25, 0.3) is 0 Å². The van der Waals surface area contributed by atoms with Crippen LogP contribution in [0.2, 0.25) is 0 Å². The van der Waals surface area contributed by atoms with E-state index in [4.69, 9.17) is 5.14 Å². The van der Waals surface area contributed by atoms with Crippen molar-refractivity contribution < 1.29 is 26.9 Å². The molecule has 0 saturated heterocycles. The second kappa shape index (κ2) is 10.0. The van der Waals surface area contributed by atoms with Crippen LogP contribution in [0.15, 0.2) is 76.5 Å². The Bertz CT molecular complexity index is 1340. The van der Waals surface area contributed by atoms with Crippen molar-refractivity contribution in [2.45, 2.75) is 10.6 Å². The lowest BCUT2D eigenvalue weighted by Gasteiger charge is -2.09. The molecule has 0 saturated carbocycles. The molecule has 170 valence electrons. The number of ketones is 1. The Morgan fingerprint density at radius 1 is 1.03 bits per heavy atom. The minimum Gasteiger partial charge on any atom is -0.288 e. The van der Waals surface area contributed by atoms with E-state index in [9.17, 15) is 32.1 Å². The molecule has 3 rings (SSSR count). The van der Waals surface area contributed by atoms with Gasteiger partial charge in [-0.05, 0) is 59.7 Å². The number of benzene rings is 3. The number of carbonyl (C=O) groups excluding carboxylic acids is 1. The maximum absolute atomic E-state index is 13.7. The van der Waals surface area contributed by atoms with Crippen LogP contribution < -0.4 is 5.14 Å². The molecule has 0 unspecified atom stereocenters. The quantitative estimate of drug-likeness (QED) is 0.212. The fourth-order valence-corrected chi connectivity index (χ4v) is 4.26. The van der Waals surface area contributed by atoms with Crippen LogP contribution in [0.4, 0.5) is 14.5 Å². The van der Waals surface area contributed by atoms with Crippen LogP contribution in [0.3, 0.4) is 0 Å². The number of sulfonamides is 1. The van der Waals surface area contributed by atoms with Crippen LogP contribution >= 0.6 is 11.8 Å². The Labute approximate surface area is 192 Å². The number of halogens is 2. The number of nitro groups is 1. The third-order valence-electron chi connectivity index (χ3n) is 4.44. The van der Waals surface area contributed by atoms with Gasteiger partial charge in [-0.2, -0.15) is 4.39 Å². The summed E-state index contributed by atoms with van der Waals surface area (Å²) in [6.07, 6.45) is 1.37. The Morgan fingerprint density at radius 2 is 1.67 bits per heavy atom. The smallest absolute Gasteiger partial charge is 0.288 e. The molecule has 0 bridgehead atoms. The lowest BCUT2D eigenvalue weighted by atomic mass is 10.1. The zero-order valence-electron chi connectivity index (χ0n) is 16.8. The zero-order chi connectivity index (χ0) is 24.2. The third kappa shape index (κ3) is 6.31. The molecule has 0 amide bonds. The molecule has 7 nitrogen and oxygen atoms in total. The summed E-state index contributed by atoms with van der Waals surface area (Å²) in [7, 11) is -3.94. The maximum atomic E-state index is 13.7. The molecule has 0 spiro atoms. The van der Waals surface area contributed by atoms with Gasteiger partial charge in [-0.25, -0.2) is 17.9 Å². The summed E-state index contributed by atoms with van der Waals surface area (Å²) < 4.78 is 49.8. The van der Waals surface area contributed by atoms with E-state index in [2.05, 4.69) is 0 Å². The monoisotopic (exact) mass is 490 g/mol. The lowest BCUT2D eigenvalue weighted by molar-refractivity contribution is -0.387. The fourth-order valence-electron chi connectivity index (χ4n) is 2.76. The van der Waals surface area contributed by atoms with Crippen molar-refractivity contribution in [2.24, 2.45) is 5.14 Å². The number of Topliss-reactive ketones (excluding diaryl/α,β-unsaturated/α-hetero) is 1. The molecule has 0 aliphatic heterocycles. The van der Waals surface area contributed by atoms with Crippen molar-refractivity contribution in [2.75, 3.05) is 0 Å². The van der Waals surface area contributed by atoms with E-state index in [1.54, 1.807) is 12.1 Å². The molecule has 0 atom stereocenters. The van der Waals surface area contributed by atoms with Crippen LogP contribution in [0, 0.1) is 21.7 Å². The van der Waals surface area contributed by atoms with Gasteiger partial charge < -0.3 is 0 Å². The molecule has 33 heavy (non-hydrogen) atoms. The Kier molecular flexibility index (Phi) is 7.36. The highest BCUT2D eigenvalue weighted by molar-refractivity contribution is 8.03. The third-order valence-corrected chi connectivity index (χ3v) is 6.46. The van der Waals surface area contributed by atoms with Gasteiger partial charge in [-0.1, -0.05) is 18.2 Å². The molecule has 0 radical (unpaired) electrons. The molecule has 3 aromatic rings. The Morgan fingerprint density at radius 3 is 2.24 bits per heavy atom. The SMILES string of the molecule is NS(=O)(=O)c1ccc(C(=O)C(=Cc2ccc(F)c([N+](=O)[O-])c2)SCc2ccc(F)cc2)cc1. The molecule has 0 fully saturated rings. The molecule has 3 aromatic carbocycles. The summed E-state index contributed by atoms with van der Waals surface area (Å²) in [5, 5.41) is 16.1. The van der Waals surface area contributed by atoms with Crippen molar-refractivity contribution in [1.29, 1.82) is 0 Å². The number of carbonyl (C=O) groups is 1. The fraction of sp³-hybridized carbons (Fsp3) is 0.0455. The summed E-state index contributed by atoms with van der Waals surface area (Å²) >= 11 is 1.09. The van der Waals surface area contributed by atoms with E-state index in [-0.39, 0.29) is 26.7 Å². The number of nitro benzene ring substituents is 1. The first kappa shape index (κ1) is 24.2. The van der Waals surface area contributed by atoms with E-state index < -0.39 is 38.1 Å². The summed E-state index contributed by atoms with van der Waals surface area (Å²) in [6, 6.07) is 13.8. The number of primary sulfonamides is 1. The molecule has 0 heterocycles. The molecule has 2 N–H and O–H groups in total. The van der Waals surface area contributed by atoms with E-state index in [1.165, 1.54) is 48.5 Å². The van der Waals surface area contributed by atoms with Crippen LogP contribution in [0.5, 0.6) is 0 Å². The van der Waals surface area contributed by atoms with Gasteiger partial charge in [-0.15, -0.1) is 11.8 Å². The average Bonchev–Trinajstić information content (AvgIpc) is 2.77. The Balaban J connectivity index is 1.98. The summed E-state index contributed by atoms with van der Waals surface area (Å²) in [4.78, 5) is 23.3. The number of hydrogen-bond donors (Lipinski definition) is 1. The first-order chi connectivity index (χ1) is 15.5. The highest BCUT2D eigenvalue weighted by atomic mass is 32.2. The standard InChI is InChI=1S/C22H16F2N2O5S2/c23-17-6-1-14(2-7-17)13-32-21(12-15-3-10-19(24)20(11-15)26(28)29)22(27)16-4-8-18(9-5-16)33(25,30)31/h1-12H,13H2,(H2,25,30,31). The van der Waals surface area contributed by atoms with Gasteiger partial charge in [0.15, 0.2) is 5.78 Å². The summed E-state index contributed by atoms with van der Waals surface area (Å²) in [5.74, 6) is -1.64. The molecule has 0 aliphatic rings. The first-order valence-corrected chi connectivity index (χ1v) is 11.8. The normalized spacial score (nSPS) is 11.9. The largest absolute Gasteiger partial charge is 0.305 e. The summed E-state index contributed by atoms with van der Waals surface area (Å²) in [6.45, 7) is 0. The van der Waals surface area contributed by atoms with Crippen LogP contribution in [0.1, 0.15) is 21.5 Å². The van der Waals surface area contributed by atoms with E-state index in [0.717, 1.165) is 29.5 Å². The molecular weight excluding hydrogens is 474 g/mol. The number of thioether (sulfide) groups is 1. The topological polar surface area (TPSA) is 120 Å². The second-order valence-corrected chi connectivity index (χ2v) is 9.37. The molecule has 0 aromatic heterocycles. The first-order valence-electron chi connectivity index (χ1n) is 9.25. The summed E-state index contributed by atoms with van der Waals surface area (Å²) in [5.41, 5.74) is 0.349. The number of allylic oxidation sites excluding steroid dienone is 1. The van der Waals surface area contributed by atoms with E-state index in [0.29, 0.717) is 0 Å². The zero-order valence-corrected chi connectivity index (χ0v) is 18.4. The minimum absolute atomic E-state index is 0.150. The highest BCUT2D eigenvalue weighted by Gasteiger charge is 2.18. The van der Waals surface area contributed by atoms with E-state index >= 15 is 0 Å². The highest BCUT2D eigenvalue weighted by Crippen LogP contribution is 2.29. The maximum Gasteiger partial charge on any atom is 0.305 e. The average molecular weight is 491 g/mol. The van der Waals surface area contributed by atoms with Gasteiger partial charge in [0.2, 0.25) is 15.8 Å². The van der Waals surface area contributed by atoms with Crippen LogP contribution in [-0.2, 0) is 15.8 Å². The van der Waals surface area contributed by atoms with Crippen molar-refractivity contribution in [3.05, 3.63) is 110 Å².